The Kier molecular flexibility index (Phi) is 5.14. The highest BCUT2D eigenvalue weighted by atomic mass is 32.1. The number of nitrogens with zero attached hydrogens (tertiary/aromatic N) is 1. The molecule has 17 heavy (non-hydrogen) atoms. The van der Waals surface area contributed by atoms with Gasteiger partial charge in [-0.15, -0.1) is 0 Å². The zero-order valence-electron chi connectivity index (χ0n) is 9.73. The van der Waals surface area contributed by atoms with Crippen molar-refractivity contribution < 1.29 is 14.7 Å². The minimum Gasteiger partial charge on any atom is -0.465 e. The van der Waals surface area contributed by atoms with Gasteiger partial charge in [0.15, 0.2) is 5.11 Å². The number of nitrogens with one attached hydrogen (secondary N) is 2. The first-order chi connectivity index (χ1) is 8.07. The quantitative estimate of drug-likeness (QED) is 0.630. The number of carbonyl (C=O) groups is 2. The van der Waals surface area contributed by atoms with E-state index in [0.29, 0.717) is 19.5 Å². The summed E-state index contributed by atoms with van der Waals surface area (Å²) < 4.78 is 0. The Balaban J connectivity index is 2.84. The van der Waals surface area contributed by atoms with E-state index in [1.54, 1.807) is 0 Å². The summed E-state index contributed by atoms with van der Waals surface area (Å²) in [5, 5.41) is 14.7. The van der Waals surface area contributed by atoms with Crippen molar-refractivity contribution in [3.63, 3.8) is 0 Å². The Morgan fingerprint density at radius 3 is 2.94 bits per heavy atom. The number of rotatable bonds is 2. The predicted octanol–water partition coefficient (Wildman–Crippen LogP) is 0.529. The highest BCUT2D eigenvalue weighted by molar-refractivity contribution is 7.80. The van der Waals surface area contributed by atoms with Gasteiger partial charge < -0.3 is 15.7 Å². The summed E-state index contributed by atoms with van der Waals surface area (Å²) in [6, 6.07) is -0.721. The standard InChI is InChI=1S/C10H17N3O3S/c1-2-11-9(17)13(10(15)16)7-5-3-4-6-12-8(7)14/h7H,2-6H2,1H3,(H,11,17)(H,12,14)(H,15,16). The van der Waals surface area contributed by atoms with Crippen LogP contribution >= 0.6 is 12.2 Å². The smallest absolute Gasteiger partial charge is 0.414 e. The van der Waals surface area contributed by atoms with Crippen LogP contribution in [-0.4, -0.2) is 46.3 Å². The van der Waals surface area contributed by atoms with Gasteiger partial charge in [-0.25, -0.2) is 9.69 Å². The Hall–Kier alpha value is -1.37. The van der Waals surface area contributed by atoms with Gasteiger partial charge in [0.05, 0.1) is 0 Å². The zero-order valence-corrected chi connectivity index (χ0v) is 10.5. The second kappa shape index (κ2) is 6.39. The number of hydrogen-bond acceptors (Lipinski definition) is 3. The first-order valence-electron chi connectivity index (χ1n) is 5.65. The lowest BCUT2D eigenvalue weighted by Gasteiger charge is -2.27. The molecule has 1 aliphatic heterocycles. The van der Waals surface area contributed by atoms with Crippen LogP contribution in [0, 0.1) is 0 Å². The first-order valence-corrected chi connectivity index (χ1v) is 6.06. The van der Waals surface area contributed by atoms with Gasteiger partial charge in [-0.2, -0.15) is 0 Å². The molecular formula is C10H17N3O3S. The highest BCUT2D eigenvalue weighted by Crippen LogP contribution is 2.13. The molecule has 1 rings (SSSR count). The average Bonchev–Trinajstić information content (AvgIpc) is 2.45. The van der Waals surface area contributed by atoms with Crippen LogP contribution in [0.15, 0.2) is 0 Å². The predicted molar refractivity (Wildman–Crippen MR) is 66.8 cm³/mol. The molecule has 0 aliphatic carbocycles. The van der Waals surface area contributed by atoms with E-state index in [9.17, 15) is 9.59 Å². The lowest BCUT2D eigenvalue weighted by Crippen LogP contribution is -2.54. The van der Waals surface area contributed by atoms with E-state index < -0.39 is 12.1 Å². The van der Waals surface area contributed by atoms with E-state index in [2.05, 4.69) is 10.6 Å². The Morgan fingerprint density at radius 1 is 1.65 bits per heavy atom. The van der Waals surface area contributed by atoms with Crippen molar-refractivity contribution in [2.45, 2.75) is 32.2 Å². The molecule has 0 saturated carbocycles. The summed E-state index contributed by atoms with van der Waals surface area (Å²) >= 11 is 4.98. The van der Waals surface area contributed by atoms with Crippen LogP contribution in [0.25, 0.3) is 0 Å². The van der Waals surface area contributed by atoms with Crippen molar-refractivity contribution >= 4 is 29.3 Å². The molecule has 1 fully saturated rings. The van der Waals surface area contributed by atoms with Gasteiger partial charge in [-0.3, -0.25) is 4.79 Å². The first kappa shape index (κ1) is 13.7. The summed E-state index contributed by atoms with van der Waals surface area (Å²) in [4.78, 5) is 23.9. The summed E-state index contributed by atoms with van der Waals surface area (Å²) in [6.45, 7) is 2.94. The van der Waals surface area contributed by atoms with Gasteiger partial charge in [0.25, 0.3) is 0 Å². The molecule has 96 valence electrons. The van der Waals surface area contributed by atoms with Crippen LogP contribution in [-0.2, 0) is 4.79 Å². The molecule has 2 amide bonds. The molecular weight excluding hydrogens is 242 g/mol. The van der Waals surface area contributed by atoms with Crippen LogP contribution < -0.4 is 10.6 Å². The number of carbonyl (C=O) groups excluding carboxylic acids is 1. The van der Waals surface area contributed by atoms with E-state index in [1.807, 2.05) is 6.92 Å². The normalized spacial score (nSPS) is 20.1. The number of thiocarbonyl (C=S) groups is 1. The van der Waals surface area contributed by atoms with Gasteiger partial charge >= 0.3 is 6.09 Å². The van der Waals surface area contributed by atoms with Crippen molar-refractivity contribution in [2.75, 3.05) is 13.1 Å². The SMILES string of the molecule is CCNC(=S)N(C(=O)O)C1CCCCNC1=O. The third-order valence-corrected chi connectivity index (χ3v) is 2.91. The third kappa shape index (κ3) is 3.55. The van der Waals surface area contributed by atoms with Gasteiger partial charge in [0.2, 0.25) is 5.91 Å². The molecule has 6 nitrogen and oxygen atoms in total. The van der Waals surface area contributed by atoms with Crippen LogP contribution in [0.2, 0.25) is 0 Å². The summed E-state index contributed by atoms with van der Waals surface area (Å²) in [5.74, 6) is -0.273. The minimum atomic E-state index is -1.20. The topological polar surface area (TPSA) is 81.7 Å². The van der Waals surface area contributed by atoms with Gasteiger partial charge in [0.1, 0.15) is 6.04 Å². The molecule has 1 unspecified atom stereocenters. The number of carboxylic acid groups (broad SMARTS) is 1. The van der Waals surface area contributed by atoms with E-state index in [0.717, 1.165) is 17.7 Å². The van der Waals surface area contributed by atoms with Crippen molar-refractivity contribution in [3.8, 4) is 0 Å². The fourth-order valence-electron chi connectivity index (χ4n) is 1.77. The molecule has 0 aromatic carbocycles. The van der Waals surface area contributed by atoms with Gasteiger partial charge in [0, 0.05) is 13.1 Å². The molecule has 1 atom stereocenters. The summed E-state index contributed by atoms with van der Waals surface area (Å²) in [6.07, 6.45) is 0.980. The fourth-order valence-corrected chi connectivity index (χ4v) is 2.12. The van der Waals surface area contributed by atoms with Crippen molar-refractivity contribution in [1.82, 2.24) is 15.5 Å². The zero-order chi connectivity index (χ0) is 12.8. The highest BCUT2D eigenvalue weighted by Gasteiger charge is 2.33. The molecule has 0 bridgehead atoms. The average molecular weight is 259 g/mol. The van der Waals surface area contributed by atoms with E-state index in [4.69, 9.17) is 17.3 Å². The van der Waals surface area contributed by atoms with Crippen LogP contribution in [0.5, 0.6) is 0 Å². The second-order valence-electron chi connectivity index (χ2n) is 3.79. The van der Waals surface area contributed by atoms with Crippen LogP contribution in [0.1, 0.15) is 26.2 Å². The minimum absolute atomic E-state index is 0.0852. The van der Waals surface area contributed by atoms with Gasteiger partial charge in [-0.1, -0.05) is 0 Å². The van der Waals surface area contributed by atoms with Gasteiger partial charge in [-0.05, 0) is 38.4 Å². The molecule has 3 N–H and O–H groups in total. The van der Waals surface area contributed by atoms with Crippen molar-refractivity contribution in [2.24, 2.45) is 0 Å². The monoisotopic (exact) mass is 259 g/mol. The van der Waals surface area contributed by atoms with Crippen molar-refractivity contribution in [1.29, 1.82) is 0 Å². The van der Waals surface area contributed by atoms with Crippen molar-refractivity contribution in [3.05, 3.63) is 0 Å². The van der Waals surface area contributed by atoms with E-state index >= 15 is 0 Å². The maximum atomic E-state index is 11.8. The van der Waals surface area contributed by atoms with Crippen LogP contribution in [0.4, 0.5) is 4.79 Å². The Labute approximate surface area is 105 Å². The Morgan fingerprint density at radius 2 is 2.35 bits per heavy atom. The molecule has 7 heteroatoms. The summed E-state index contributed by atoms with van der Waals surface area (Å²) in [7, 11) is 0. The van der Waals surface area contributed by atoms with E-state index in [-0.39, 0.29) is 11.0 Å². The molecule has 1 heterocycles. The summed E-state index contributed by atoms with van der Waals surface area (Å²) in [5.41, 5.74) is 0. The molecule has 1 saturated heterocycles. The second-order valence-corrected chi connectivity index (χ2v) is 4.18. The maximum Gasteiger partial charge on any atom is 0.414 e. The molecule has 0 spiro atoms. The molecule has 1 aliphatic rings. The maximum absolute atomic E-state index is 11.8. The number of amides is 2. The largest absolute Gasteiger partial charge is 0.465 e. The fraction of sp³-hybridized carbons (Fsp3) is 0.700. The van der Waals surface area contributed by atoms with E-state index in [1.165, 1.54) is 0 Å². The lowest BCUT2D eigenvalue weighted by molar-refractivity contribution is -0.124. The lowest BCUT2D eigenvalue weighted by atomic mass is 10.1. The third-order valence-electron chi connectivity index (χ3n) is 2.57. The van der Waals surface area contributed by atoms with Crippen LogP contribution in [0.3, 0.4) is 0 Å². The molecule has 0 radical (unpaired) electrons. The molecule has 0 aromatic heterocycles. The Bertz CT molecular complexity index is 322. The molecule has 0 aromatic rings. The number of hydrogen-bond donors (Lipinski definition) is 3.